The molecular weight excluding hydrogens is 364 g/mol. The molecule has 0 fully saturated rings. The fraction of sp³-hybridized carbons (Fsp3) is 0.217. The van der Waals surface area contributed by atoms with Gasteiger partial charge in [0.25, 0.3) is 5.69 Å². The smallest absolute Gasteiger partial charge is 0.278 e. The van der Waals surface area contributed by atoms with Crippen LogP contribution in [-0.4, -0.2) is 35.3 Å². The summed E-state index contributed by atoms with van der Waals surface area (Å²) < 4.78 is 0. The lowest BCUT2D eigenvalue weighted by molar-refractivity contribution is -0.385. The number of nitro groups is 1. The van der Waals surface area contributed by atoms with Crippen molar-refractivity contribution in [1.29, 1.82) is 0 Å². The van der Waals surface area contributed by atoms with Crippen molar-refractivity contribution in [1.82, 2.24) is 10.3 Å². The monoisotopic (exact) mass is 388 g/mol. The quantitative estimate of drug-likeness (QED) is 0.253. The number of hydrogen-bond donors (Lipinski definition) is 1. The summed E-state index contributed by atoms with van der Waals surface area (Å²) in [7, 11) is 0. The van der Waals surface area contributed by atoms with Gasteiger partial charge in [-0.1, -0.05) is 37.3 Å². The van der Waals surface area contributed by atoms with E-state index in [0.29, 0.717) is 17.8 Å². The van der Waals surface area contributed by atoms with Gasteiger partial charge in [-0.15, -0.1) is 0 Å². The minimum absolute atomic E-state index is 0.0623. The van der Waals surface area contributed by atoms with E-state index in [1.807, 2.05) is 42.5 Å². The minimum atomic E-state index is -0.351. The molecule has 0 aliphatic heterocycles. The number of aliphatic imine (C=N–C) groups is 1. The highest BCUT2D eigenvalue weighted by Gasteiger charge is 2.19. The van der Waals surface area contributed by atoms with Crippen molar-refractivity contribution >= 4 is 11.4 Å². The van der Waals surface area contributed by atoms with Crippen molar-refractivity contribution in [3.63, 3.8) is 0 Å². The van der Waals surface area contributed by atoms with Gasteiger partial charge in [0.15, 0.2) is 0 Å². The van der Waals surface area contributed by atoms with Crippen LogP contribution in [0.15, 0.2) is 78.0 Å². The summed E-state index contributed by atoms with van der Waals surface area (Å²) in [5.74, 6) is 0. The van der Waals surface area contributed by atoms with Crippen molar-refractivity contribution in [2.45, 2.75) is 13.3 Å². The van der Waals surface area contributed by atoms with Crippen LogP contribution in [-0.2, 0) is 0 Å². The molecule has 6 heteroatoms. The van der Waals surface area contributed by atoms with Gasteiger partial charge in [0, 0.05) is 30.6 Å². The van der Waals surface area contributed by atoms with Crippen molar-refractivity contribution in [2.75, 3.05) is 19.6 Å². The summed E-state index contributed by atoms with van der Waals surface area (Å²) in [6, 6.07) is 18.6. The van der Waals surface area contributed by atoms with E-state index < -0.39 is 0 Å². The third-order valence-corrected chi connectivity index (χ3v) is 4.54. The molecule has 1 N–H and O–H groups in total. The van der Waals surface area contributed by atoms with Gasteiger partial charge in [-0.2, -0.15) is 0 Å². The Kier molecular flexibility index (Phi) is 7.19. The van der Waals surface area contributed by atoms with E-state index in [9.17, 15) is 10.1 Å². The largest absolute Gasteiger partial charge is 0.317 e. The lowest BCUT2D eigenvalue weighted by Gasteiger charge is -2.11. The normalized spacial score (nSPS) is 11.4. The van der Waals surface area contributed by atoms with E-state index in [4.69, 9.17) is 4.99 Å². The zero-order valence-corrected chi connectivity index (χ0v) is 16.4. The maximum atomic E-state index is 11.6. The number of nitrogens with one attached hydrogen (secondary N) is 1. The molecule has 0 bridgehead atoms. The van der Waals surface area contributed by atoms with Gasteiger partial charge in [-0.05, 0) is 54.9 Å². The molecule has 0 saturated heterocycles. The van der Waals surface area contributed by atoms with Crippen LogP contribution >= 0.6 is 0 Å². The number of rotatable bonds is 9. The van der Waals surface area contributed by atoms with E-state index in [1.165, 1.54) is 6.07 Å². The number of aromatic nitrogens is 1. The predicted molar refractivity (Wildman–Crippen MR) is 116 cm³/mol. The molecule has 6 nitrogen and oxygen atoms in total. The molecule has 0 saturated carbocycles. The molecule has 3 aromatic rings. The van der Waals surface area contributed by atoms with Gasteiger partial charge in [0.2, 0.25) is 0 Å². The highest BCUT2D eigenvalue weighted by molar-refractivity contribution is 6.15. The molecule has 0 unspecified atom stereocenters. The Bertz CT molecular complexity index is 987. The molecule has 148 valence electrons. The van der Waals surface area contributed by atoms with Gasteiger partial charge >= 0.3 is 0 Å². The number of nitrogens with zero attached hydrogens (tertiary/aromatic N) is 3. The molecule has 0 aliphatic rings. The van der Waals surface area contributed by atoms with Crippen LogP contribution in [0, 0.1) is 10.1 Å². The first-order chi connectivity index (χ1) is 14.2. The SMILES string of the molecule is CCNCCCN=C(c1cccc(-c2ccncc2)c1)c1ccccc1[N+](=O)[O-]. The molecule has 1 heterocycles. The van der Waals surface area contributed by atoms with Crippen LogP contribution in [0.1, 0.15) is 24.5 Å². The Hall–Kier alpha value is -3.38. The van der Waals surface area contributed by atoms with Crippen molar-refractivity contribution in [3.8, 4) is 11.1 Å². The average molecular weight is 388 g/mol. The van der Waals surface area contributed by atoms with Crippen LogP contribution < -0.4 is 5.32 Å². The zero-order valence-electron chi connectivity index (χ0n) is 16.4. The fourth-order valence-corrected chi connectivity index (χ4v) is 3.13. The first-order valence-electron chi connectivity index (χ1n) is 9.70. The molecule has 0 spiro atoms. The number of pyridine rings is 1. The minimum Gasteiger partial charge on any atom is -0.317 e. The van der Waals surface area contributed by atoms with E-state index in [2.05, 4.69) is 17.2 Å². The van der Waals surface area contributed by atoms with Crippen molar-refractivity contribution in [3.05, 3.63) is 94.3 Å². The van der Waals surface area contributed by atoms with E-state index in [1.54, 1.807) is 24.5 Å². The van der Waals surface area contributed by atoms with Crippen LogP contribution in [0.5, 0.6) is 0 Å². The van der Waals surface area contributed by atoms with Crippen molar-refractivity contribution in [2.24, 2.45) is 4.99 Å². The molecule has 0 amide bonds. The Balaban J connectivity index is 2.02. The summed E-state index contributed by atoms with van der Waals surface area (Å²) in [6.07, 6.45) is 4.36. The van der Waals surface area contributed by atoms with E-state index in [-0.39, 0.29) is 10.6 Å². The molecule has 2 aromatic carbocycles. The standard InChI is InChI=1S/C23H24N4O2/c1-2-24-13-6-14-26-23(21-9-3-4-10-22(21)27(28)29)20-8-5-7-19(17-20)18-11-15-25-16-12-18/h3-5,7-12,15-17,24H,2,6,13-14H2,1H3. The maximum absolute atomic E-state index is 11.6. The molecule has 0 radical (unpaired) electrons. The Morgan fingerprint density at radius 2 is 1.86 bits per heavy atom. The predicted octanol–water partition coefficient (Wildman–Crippen LogP) is 4.49. The maximum Gasteiger partial charge on any atom is 0.278 e. The second-order valence-electron chi connectivity index (χ2n) is 6.53. The van der Waals surface area contributed by atoms with Gasteiger partial charge < -0.3 is 5.32 Å². The summed E-state index contributed by atoms with van der Waals surface area (Å²) in [4.78, 5) is 20.1. The van der Waals surface area contributed by atoms with Crippen molar-refractivity contribution < 1.29 is 4.92 Å². The first-order valence-corrected chi connectivity index (χ1v) is 9.70. The number of benzene rings is 2. The summed E-state index contributed by atoms with van der Waals surface area (Å²) in [5.41, 5.74) is 4.15. The average Bonchev–Trinajstić information content (AvgIpc) is 2.77. The number of hydrogen-bond acceptors (Lipinski definition) is 5. The summed E-state index contributed by atoms with van der Waals surface area (Å²) >= 11 is 0. The van der Waals surface area contributed by atoms with Gasteiger partial charge in [0.05, 0.1) is 16.2 Å². The van der Waals surface area contributed by atoms with E-state index >= 15 is 0 Å². The van der Waals surface area contributed by atoms with Crippen LogP contribution in [0.25, 0.3) is 11.1 Å². The first kappa shape index (κ1) is 20.4. The number of para-hydroxylation sites is 1. The molecule has 1 aromatic heterocycles. The van der Waals surface area contributed by atoms with Crippen LogP contribution in [0.4, 0.5) is 5.69 Å². The Morgan fingerprint density at radius 1 is 1.07 bits per heavy atom. The molecular formula is C23H24N4O2. The topological polar surface area (TPSA) is 80.4 Å². The molecule has 0 atom stereocenters. The zero-order chi connectivity index (χ0) is 20.5. The summed E-state index contributed by atoms with van der Waals surface area (Å²) in [5, 5.41) is 14.9. The Labute approximate surface area is 170 Å². The van der Waals surface area contributed by atoms with Crippen LogP contribution in [0.2, 0.25) is 0 Å². The fourth-order valence-electron chi connectivity index (χ4n) is 3.13. The third kappa shape index (κ3) is 5.33. The third-order valence-electron chi connectivity index (χ3n) is 4.54. The molecule has 0 aliphatic carbocycles. The lowest BCUT2D eigenvalue weighted by atomic mass is 9.97. The summed E-state index contributed by atoms with van der Waals surface area (Å²) in [6.45, 7) is 4.43. The molecule has 29 heavy (non-hydrogen) atoms. The Morgan fingerprint density at radius 3 is 2.62 bits per heavy atom. The molecule has 3 rings (SSSR count). The lowest BCUT2D eigenvalue weighted by Crippen LogP contribution is -2.15. The number of nitro benzene ring substituents is 1. The second kappa shape index (κ2) is 10.2. The second-order valence-corrected chi connectivity index (χ2v) is 6.53. The van der Waals surface area contributed by atoms with Crippen LogP contribution in [0.3, 0.4) is 0 Å². The highest BCUT2D eigenvalue weighted by Crippen LogP contribution is 2.25. The van der Waals surface area contributed by atoms with Gasteiger partial charge in [-0.25, -0.2) is 0 Å². The highest BCUT2D eigenvalue weighted by atomic mass is 16.6. The van der Waals surface area contributed by atoms with Gasteiger partial charge in [-0.3, -0.25) is 20.1 Å². The van der Waals surface area contributed by atoms with Gasteiger partial charge in [0.1, 0.15) is 0 Å². The van der Waals surface area contributed by atoms with E-state index in [0.717, 1.165) is 36.2 Å².